The van der Waals surface area contributed by atoms with E-state index in [9.17, 15) is 0 Å². The van der Waals surface area contributed by atoms with Crippen LogP contribution in [-0.4, -0.2) is 0 Å². The van der Waals surface area contributed by atoms with E-state index in [2.05, 4.69) is 86.7 Å². The molecule has 4 rings (SSSR count). The van der Waals surface area contributed by atoms with Gasteiger partial charge in [0, 0.05) is 0 Å². The second-order valence-corrected chi connectivity index (χ2v) is 7.27. The molecule has 0 saturated heterocycles. The molecule has 0 radical (unpaired) electrons. The van der Waals surface area contributed by atoms with Crippen molar-refractivity contribution in [3.8, 4) is 0 Å². The summed E-state index contributed by atoms with van der Waals surface area (Å²) in [6, 6.07) is 17.2. The second kappa shape index (κ2) is 11.6. The first-order chi connectivity index (χ1) is 12.8. The van der Waals surface area contributed by atoms with E-state index < -0.39 is 0 Å². The molecule has 0 bridgehead atoms. The summed E-state index contributed by atoms with van der Waals surface area (Å²) in [5.41, 5.74) is 5.67. The number of rotatable bonds is 6. The van der Waals surface area contributed by atoms with Crippen molar-refractivity contribution < 1.29 is 26.2 Å². The molecule has 0 aliphatic heterocycles. The Morgan fingerprint density at radius 2 is 1.07 bits per heavy atom. The van der Waals surface area contributed by atoms with Gasteiger partial charge in [-0.2, -0.15) is 11.1 Å². The van der Waals surface area contributed by atoms with Gasteiger partial charge >= 0.3 is 26.2 Å². The van der Waals surface area contributed by atoms with Crippen molar-refractivity contribution in [3.05, 3.63) is 82.9 Å². The van der Waals surface area contributed by atoms with Crippen LogP contribution in [0, 0.1) is 12.2 Å². The summed E-state index contributed by atoms with van der Waals surface area (Å²) in [5, 5.41) is 0. The summed E-state index contributed by atoms with van der Waals surface area (Å²) in [7, 11) is 0. The first kappa shape index (κ1) is 22.1. The van der Waals surface area contributed by atoms with Crippen LogP contribution in [0.5, 0.6) is 0 Å². The average Bonchev–Trinajstić information content (AvgIpc) is 3.29. The fourth-order valence-electron chi connectivity index (χ4n) is 3.77. The summed E-state index contributed by atoms with van der Waals surface area (Å²) in [6.45, 7) is 4.48. The van der Waals surface area contributed by atoms with Crippen LogP contribution in [0.2, 0.25) is 0 Å². The van der Waals surface area contributed by atoms with Crippen LogP contribution < -0.4 is 0 Å². The summed E-state index contributed by atoms with van der Waals surface area (Å²) >= 11 is 0. The molecule has 0 N–H and O–H groups in total. The number of benzene rings is 2. The predicted octanol–water partition coefficient (Wildman–Crippen LogP) is 7.58. The number of hydrogen-bond acceptors (Lipinski definition) is 0. The molecule has 0 amide bonds. The first-order valence-electron chi connectivity index (χ1n) is 10.2. The molecule has 2 atom stereocenters. The van der Waals surface area contributed by atoms with Crippen LogP contribution in [0.1, 0.15) is 86.5 Å². The van der Waals surface area contributed by atoms with Crippen molar-refractivity contribution in [2.75, 3.05) is 0 Å². The molecule has 0 aromatic heterocycles. The molecule has 0 fully saturated rings. The van der Waals surface area contributed by atoms with Gasteiger partial charge in [0.05, 0.1) is 0 Å². The third-order valence-corrected chi connectivity index (χ3v) is 5.32. The zero-order valence-electron chi connectivity index (χ0n) is 16.7. The smallest absolute Gasteiger partial charge is 0.268 e. The summed E-state index contributed by atoms with van der Waals surface area (Å²) < 4.78 is 0. The number of allylic oxidation sites excluding steroid dienone is 2. The summed E-state index contributed by atoms with van der Waals surface area (Å²) in [6.07, 6.45) is 18.8. The maximum absolute atomic E-state index is 3.43. The van der Waals surface area contributed by atoms with E-state index in [1.807, 2.05) is 0 Å². The SMILES string of the molecule is CCCCC1[C-]=Cc2ccccc21.CCCCC1[C-]=Cc2ccccc21.[Zr+2]. The van der Waals surface area contributed by atoms with Gasteiger partial charge in [0.25, 0.3) is 0 Å². The molecule has 0 nitrogen and oxygen atoms in total. The van der Waals surface area contributed by atoms with Gasteiger partial charge in [-0.3, -0.25) is 12.2 Å². The summed E-state index contributed by atoms with van der Waals surface area (Å²) in [5.74, 6) is 1.13. The Kier molecular flexibility index (Phi) is 9.49. The Morgan fingerprint density at radius 3 is 1.48 bits per heavy atom. The van der Waals surface area contributed by atoms with Crippen LogP contribution in [-0.2, 0) is 26.2 Å². The number of hydrogen-bond donors (Lipinski definition) is 0. The monoisotopic (exact) mass is 432 g/mol. The van der Waals surface area contributed by atoms with E-state index >= 15 is 0 Å². The van der Waals surface area contributed by atoms with Crippen molar-refractivity contribution in [2.45, 2.75) is 64.2 Å². The molecule has 2 aliphatic carbocycles. The van der Waals surface area contributed by atoms with Crippen LogP contribution in [0.3, 0.4) is 0 Å². The van der Waals surface area contributed by atoms with Gasteiger partial charge in [0.15, 0.2) is 0 Å². The Labute approximate surface area is 184 Å². The molecular formula is C26H30Zr. The van der Waals surface area contributed by atoms with E-state index in [1.165, 1.54) is 60.8 Å². The van der Waals surface area contributed by atoms with Crippen molar-refractivity contribution in [1.29, 1.82) is 0 Å². The van der Waals surface area contributed by atoms with E-state index in [1.54, 1.807) is 0 Å². The van der Waals surface area contributed by atoms with E-state index in [4.69, 9.17) is 0 Å². The topological polar surface area (TPSA) is 0 Å². The molecule has 0 heterocycles. The molecule has 27 heavy (non-hydrogen) atoms. The minimum atomic E-state index is 0. The normalized spacial score (nSPS) is 18.3. The third-order valence-electron chi connectivity index (χ3n) is 5.32. The minimum Gasteiger partial charge on any atom is -0.268 e. The minimum absolute atomic E-state index is 0. The number of fused-ring (bicyclic) bond motifs is 2. The largest absolute Gasteiger partial charge is 2.00 e. The predicted molar refractivity (Wildman–Crippen MR) is 113 cm³/mol. The fraction of sp³-hybridized carbons (Fsp3) is 0.385. The van der Waals surface area contributed by atoms with Gasteiger partial charge in [-0.05, 0) is 0 Å². The Balaban J connectivity index is 0.000000187. The molecule has 0 saturated carbocycles. The van der Waals surface area contributed by atoms with Crippen LogP contribution in [0.25, 0.3) is 12.2 Å². The molecule has 2 aromatic rings. The standard InChI is InChI=1S/2C13H15.Zr/c2*1-2-3-6-11-9-10-12-7-4-5-8-13(11)12;/h2*4-5,7-8,10-11H,2-3,6H2,1H3;/q2*-1;+2. The molecule has 1 heteroatoms. The Morgan fingerprint density at radius 1 is 0.667 bits per heavy atom. The molecular weight excluding hydrogens is 404 g/mol. The van der Waals surface area contributed by atoms with E-state index in [0.29, 0.717) is 11.8 Å². The maximum Gasteiger partial charge on any atom is 2.00 e. The first-order valence-corrected chi connectivity index (χ1v) is 10.2. The molecule has 2 aromatic carbocycles. The van der Waals surface area contributed by atoms with Gasteiger partial charge in [-0.25, -0.2) is 12.2 Å². The third kappa shape index (κ3) is 5.89. The van der Waals surface area contributed by atoms with Gasteiger partial charge in [0.2, 0.25) is 0 Å². The zero-order valence-corrected chi connectivity index (χ0v) is 19.1. The van der Waals surface area contributed by atoms with E-state index in [0.717, 1.165) is 0 Å². The van der Waals surface area contributed by atoms with Crippen molar-refractivity contribution in [1.82, 2.24) is 0 Å². The maximum atomic E-state index is 3.43. The summed E-state index contributed by atoms with van der Waals surface area (Å²) in [4.78, 5) is 0. The van der Waals surface area contributed by atoms with Crippen molar-refractivity contribution >= 4 is 12.2 Å². The quantitative estimate of drug-likeness (QED) is 0.412. The van der Waals surface area contributed by atoms with Crippen LogP contribution in [0.15, 0.2) is 48.5 Å². The fourth-order valence-corrected chi connectivity index (χ4v) is 3.77. The van der Waals surface area contributed by atoms with Gasteiger partial charge in [-0.15, -0.1) is 23.3 Å². The van der Waals surface area contributed by atoms with Crippen molar-refractivity contribution in [3.63, 3.8) is 0 Å². The number of unbranched alkanes of at least 4 members (excludes halogenated alkanes) is 2. The Hall–Kier alpha value is -1.20. The van der Waals surface area contributed by atoms with Crippen LogP contribution in [0.4, 0.5) is 0 Å². The molecule has 2 aliphatic rings. The van der Waals surface area contributed by atoms with Gasteiger partial charge < -0.3 is 0 Å². The van der Waals surface area contributed by atoms with Gasteiger partial charge in [-0.1, -0.05) is 101 Å². The second-order valence-electron chi connectivity index (χ2n) is 7.27. The molecule has 0 spiro atoms. The molecule has 138 valence electrons. The average molecular weight is 434 g/mol. The Bertz CT molecular complexity index is 691. The van der Waals surface area contributed by atoms with Crippen molar-refractivity contribution in [2.24, 2.45) is 0 Å². The molecule has 2 unspecified atom stereocenters. The van der Waals surface area contributed by atoms with Gasteiger partial charge in [0.1, 0.15) is 0 Å². The zero-order chi connectivity index (χ0) is 18.2. The van der Waals surface area contributed by atoms with Crippen LogP contribution >= 0.6 is 0 Å². The van der Waals surface area contributed by atoms with E-state index in [-0.39, 0.29) is 26.2 Å².